The summed E-state index contributed by atoms with van der Waals surface area (Å²) in [5, 5.41) is 21.6. The minimum absolute atomic E-state index is 0.108. The smallest absolute Gasteiger partial charge is 0.355 e. The van der Waals surface area contributed by atoms with E-state index in [0.29, 0.717) is 45.4 Å². The SMILES string of the molecule is N[S+](O)c1ccc(Cc2c(-c3ccc(F)c(-c4cccc(F)c4)c3)nn(-c3nc(C(=O)O)cs3)c2CC2CC2)c(F)c1. The first kappa shape index (κ1) is 28.2. The summed E-state index contributed by atoms with van der Waals surface area (Å²) in [4.78, 5) is 16.1. The molecule has 1 saturated carbocycles. The number of carboxylic acid groups (broad SMARTS) is 1. The summed E-state index contributed by atoms with van der Waals surface area (Å²) in [6.07, 6.45) is 2.73. The molecule has 2 aromatic heterocycles. The third kappa shape index (κ3) is 5.71. The molecule has 12 heteroatoms. The highest BCUT2D eigenvalue weighted by Gasteiger charge is 2.30. The van der Waals surface area contributed by atoms with E-state index < -0.39 is 34.8 Å². The topological polar surface area (TPSA) is 114 Å². The molecule has 7 nitrogen and oxygen atoms in total. The Morgan fingerprint density at radius 1 is 1.05 bits per heavy atom. The van der Waals surface area contributed by atoms with Gasteiger partial charge in [0.05, 0.1) is 11.4 Å². The van der Waals surface area contributed by atoms with Gasteiger partial charge < -0.3 is 5.11 Å². The number of thiazole rings is 1. The van der Waals surface area contributed by atoms with E-state index in [-0.39, 0.29) is 22.6 Å². The number of halogens is 3. The number of hydrogen-bond donors (Lipinski definition) is 3. The van der Waals surface area contributed by atoms with Crippen molar-refractivity contribution in [2.24, 2.45) is 11.1 Å². The Kier molecular flexibility index (Phi) is 7.62. The maximum absolute atomic E-state index is 15.3. The fourth-order valence-corrected chi connectivity index (χ4v) is 6.07. The number of carbonyl (C=O) groups is 1. The number of aromatic nitrogens is 3. The molecule has 6 rings (SSSR count). The van der Waals surface area contributed by atoms with Crippen molar-refractivity contribution < 1.29 is 27.6 Å². The maximum Gasteiger partial charge on any atom is 0.355 e. The van der Waals surface area contributed by atoms with Gasteiger partial charge in [0.25, 0.3) is 11.4 Å². The molecule has 1 aliphatic carbocycles. The van der Waals surface area contributed by atoms with Crippen LogP contribution in [0.5, 0.6) is 0 Å². The highest BCUT2D eigenvalue weighted by Crippen LogP contribution is 2.39. The van der Waals surface area contributed by atoms with Crippen LogP contribution in [0.15, 0.2) is 70.9 Å². The van der Waals surface area contributed by atoms with Gasteiger partial charge in [-0.05, 0) is 72.7 Å². The normalized spacial score (nSPS) is 13.8. The Balaban J connectivity index is 1.55. The molecule has 4 N–H and O–H groups in total. The van der Waals surface area contributed by atoms with Crippen LogP contribution in [-0.4, -0.2) is 30.4 Å². The van der Waals surface area contributed by atoms with Crippen LogP contribution >= 0.6 is 11.3 Å². The number of nitrogens with zero attached hydrogens (tertiary/aromatic N) is 3. The summed E-state index contributed by atoms with van der Waals surface area (Å²) >= 11 is -0.482. The van der Waals surface area contributed by atoms with Crippen LogP contribution in [0.1, 0.15) is 40.2 Å². The summed E-state index contributed by atoms with van der Waals surface area (Å²) in [6, 6.07) is 14.4. The number of benzene rings is 3. The van der Waals surface area contributed by atoms with Crippen LogP contribution in [-0.2, 0) is 24.2 Å². The molecule has 0 saturated heterocycles. The third-order valence-corrected chi connectivity index (χ3v) is 8.72. The molecule has 1 aliphatic rings. The second-order valence-electron chi connectivity index (χ2n) is 10.1. The van der Waals surface area contributed by atoms with E-state index >= 15 is 8.78 Å². The number of rotatable bonds is 9. The van der Waals surface area contributed by atoms with Gasteiger partial charge in [-0.15, -0.1) is 16.5 Å². The molecule has 0 aliphatic heterocycles. The van der Waals surface area contributed by atoms with E-state index in [4.69, 9.17) is 10.2 Å². The fraction of sp³-hybridized carbons (Fsp3) is 0.167. The van der Waals surface area contributed by atoms with E-state index in [1.54, 1.807) is 35.0 Å². The zero-order valence-electron chi connectivity index (χ0n) is 21.9. The molecule has 2 heterocycles. The summed E-state index contributed by atoms with van der Waals surface area (Å²) in [5.41, 5.74) is 3.12. The average Bonchev–Trinajstić information content (AvgIpc) is 3.51. The lowest BCUT2D eigenvalue weighted by Crippen LogP contribution is -2.12. The molecule has 3 aromatic carbocycles. The number of nitrogens with two attached hydrogens (primary N) is 1. The van der Waals surface area contributed by atoms with Gasteiger partial charge in [0.1, 0.15) is 17.5 Å². The van der Waals surface area contributed by atoms with Gasteiger partial charge in [0, 0.05) is 34.6 Å². The monoisotopic (exact) mass is 609 g/mol. The lowest BCUT2D eigenvalue weighted by Gasteiger charge is -2.11. The Bertz CT molecular complexity index is 1820. The van der Waals surface area contributed by atoms with E-state index in [2.05, 4.69) is 4.98 Å². The summed E-state index contributed by atoms with van der Waals surface area (Å²) in [6.45, 7) is 0. The van der Waals surface area contributed by atoms with Gasteiger partial charge in [-0.1, -0.05) is 18.2 Å². The zero-order chi connectivity index (χ0) is 29.5. The molecule has 1 unspecified atom stereocenters. The summed E-state index contributed by atoms with van der Waals surface area (Å²) < 4.78 is 55.6. The van der Waals surface area contributed by atoms with Crippen molar-refractivity contribution in [3.8, 4) is 27.5 Å². The lowest BCUT2D eigenvalue weighted by molar-refractivity contribution is 0.0691. The molecule has 42 heavy (non-hydrogen) atoms. The van der Waals surface area contributed by atoms with Gasteiger partial charge in [-0.3, -0.25) is 0 Å². The Hall–Kier alpha value is -3.97. The van der Waals surface area contributed by atoms with Crippen molar-refractivity contribution in [2.45, 2.75) is 30.6 Å². The second-order valence-corrected chi connectivity index (χ2v) is 12.0. The van der Waals surface area contributed by atoms with Crippen molar-refractivity contribution in [1.82, 2.24) is 14.8 Å². The number of hydrogen-bond acceptors (Lipinski definition) is 6. The quantitative estimate of drug-likeness (QED) is 0.161. The van der Waals surface area contributed by atoms with Crippen LogP contribution in [0.4, 0.5) is 13.2 Å². The van der Waals surface area contributed by atoms with Crippen LogP contribution in [0.2, 0.25) is 0 Å². The predicted molar refractivity (Wildman–Crippen MR) is 155 cm³/mol. The van der Waals surface area contributed by atoms with Crippen molar-refractivity contribution in [2.75, 3.05) is 0 Å². The first-order chi connectivity index (χ1) is 20.2. The van der Waals surface area contributed by atoms with Crippen LogP contribution in [0.3, 0.4) is 0 Å². The molecule has 1 atom stereocenters. The minimum atomic E-state index is -1.60. The van der Waals surface area contributed by atoms with Gasteiger partial charge in [-0.25, -0.2) is 27.6 Å². The number of carboxylic acids is 1. The van der Waals surface area contributed by atoms with E-state index in [9.17, 15) is 18.8 Å². The highest BCUT2D eigenvalue weighted by atomic mass is 32.2. The molecular weight excluding hydrogens is 585 g/mol. The molecule has 0 radical (unpaired) electrons. The molecule has 0 spiro atoms. The maximum atomic E-state index is 15.3. The van der Waals surface area contributed by atoms with E-state index in [1.165, 1.54) is 35.7 Å². The minimum Gasteiger partial charge on any atom is -0.476 e. The first-order valence-corrected chi connectivity index (χ1v) is 15.1. The molecule has 5 aromatic rings. The Morgan fingerprint density at radius 3 is 2.52 bits per heavy atom. The summed E-state index contributed by atoms with van der Waals surface area (Å²) in [5.74, 6) is -2.39. The molecule has 0 amide bonds. The van der Waals surface area contributed by atoms with Gasteiger partial charge in [0.15, 0.2) is 5.69 Å². The standard InChI is InChI=1S/C30H23F3N4O3S2/c31-20-3-1-2-17(11-20)22-13-19(7-9-24(22)32)28-23(12-18-6-8-21(42(34)40)14-25(18)33)27(10-16-4-5-16)37(36-28)30-35-26(15-41-30)29(38)39/h1-3,6-9,11,13-16,40H,4-5,10,12,34H2/p+1. The van der Waals surface area contributed by atoms with Crippen molar-refractivity contribution in [3.05, 3.63) is 106 Å². The third-order valence-electron chi connectivity index (χ3n) is 7.17. The van der Waals surface area contributed by atoms with Crippen LogP contribution in [0, 0.1) is 23.4 Å². The zero-order valence-corrected chi connectivity index (χ0v) is 23.6. The van der Waals surface area contributed by atoms with E-state index in [0.717, 1.165) is 29.9 Å². The van der Waals surface area contributed by atoms with Crippen molar-refractivity contribution in [1.29, 1.82) is 0 Å². The van der Waals surface area contributed by atoms with Gasteiger partial charge in [-0.2, -0.15) is 9.65 Å². The van der Waals surface area contributed by atoms with E-state index in [1.807, 2.05) is 0 Å². The van der Waals surface area contributed by atoms with Gasteiger partial charge in [0.2, 0.25) is 10.0 Å². The summed E-state index contributed by atoms with van der Waals surface area (Å²) in [7, 11) is 0. The second kappa shape index (κ2) is 11.4. The first-order valence-electron chi connectivity index (χ1n) is 13.0. The average molecular weight is 610 g/mol. The van der Waals surface area contributed by atoms with Crippen molar-refractivity contribution >= 4 is 28.7 Å². The fourth-order valence-electron chi connectivity index (χ4n) is 4.87. The Labute approximate surface area is 245 Å². The highest BCUT2D eigenvalue weighted by molar-refractivity contribution is 7.89. The Morgan fingerprint density at radius 2 is 1.86 bits per heavy atom. The molecule has 214 valence electrons. The van der Waals surface area contributed by atoms with Crippen LogP contribution < -0.4 is 5.14 Å². The predicted octanol–water partition coefficient (Wildman–Crippen LogP) is 6.65. The van der Waals surface area contributed by atoms with Gasteiger partial charge >= 0.3 is 5.97 Å². The largest absolute Gasteiger partial charge is 0.476 e. The molecule has 0 bridgehead atoms. The number of aromatic carboxylic acids is 1. The van der Waals surface area contributed by atoms with Crippen molar-refractivity contribution in [3.63, 3.8) is 0 Å². The molecular formula is C30H24F3N4O3S2+. The lowest BCUT2D eigenvalue weighted by atomic mass is 9.94. The molecule has 1 fully saturated rings. The van der Waals surface area contributed by atoms with Crippen LogP contribution in [0.25, 0.3) is 27.5 Å².